The van der Waals surface area contributed by atoms with Crippen LogP contribution in [0, 0.1) is 0 Å². The van der Waals surface area contributed by atoms with E-state index in [4.69, 9.17) is 0 Å². The second-order valence-electron chi connectivity index (χ2n) is 3.28. The maximum atomic E-state index is 4.33. The zero-order valence-electron chi connectivity index (χ0n) is 6.87. The monoisotopic (exact) mass is 151 g/mol. The number of allylic oxidation sites excluding steroid dienone is 1. The molecule has 0 amide bonds. The molecule has 1 radical (unpaired) electrons. The fourth-order valence-electron chi connectivity index (χ4n) is 1.87. The fourth-order valence-corrected chi connectivity index (χ4v) is 1.87. The van der Waals surface area contributed by atoms with Gasteiger partial charge in [0.1, 0.15) is 0 Å². The van der Waals surface area contributed by atoms with E-state index in [2.05, 4.69) is 22.4 Å². The highest BCUT2D eigenvalue weighted by molar-refractivity contribution is 5.02. The summed E-state index contributed by atoms with van der Waals surface area (Å²) in [6.07, 6.45) is 7.26. The Bertz CT molecular complexity index is 148. The van der Waals surface area contributed by atoms with E-state index in [9.17, 15) is 0 Å². The third-order valence-electron chi connectivity index (χ3n) is 2.55. The Morgan fingerprint density at radius 3 is 2.73 bits per heavy atom. The minimum absolute atomic E-state index is 0.741. The second kappa shape index (κ2) is 3.37. The SMILES string of the molecule is C1=CC(N2CC[N]CC2)CC1. The van der Waals surface area contributed by atoms with Gasteiger partial charge in [-0.1, -0.05) is 12.2 Å². The molecule has 1 heterocycles. The molecule has 0 bridgehead atoms. The van der Waals surface area contributed by atoms with Crippen molar-refractivity contribution >= 4 is 0 Å². The van der Waals surface area contributed by atoms with Crippen LogP contribution in [0.4, 0.5) is 0 Å². The second-order valence-corrected chi connectivity index (χ2v) is 3.28. The number of rotatable bonds is 1. The van der Waals surface area contributed by atoms with E-state index in [0.717, 1.165) is 19.1 Å². The van der Waals surface area contributed by atoms with Crippen molar-refractivity contribution in [3.05, 3.63) is 12.2 Å². The lowest BCUT2D eigenvalue weighted by molar-refractivity contribution is 0.198. The Hall–Kier alpha value is -0.340. The number of hydrogen-bond donors (Lipinski definition) is 0. The fraction of sp³-hybridized carbons (Fsp3) is 0.778. The summed E-state index contributed by atoms with van der Waals surface area (Å²) in [4.78, 5) is 2.55. The molecule has 0 saturated carbocycles. The zero-order valence-corrected chi connectivity index (χ0v) is 6.87. The van der Waals surface area contributed by atoms with Crippen LogP contribution in [0.2, 0.25) is 0 Å². The first-order valence-corrected chi connectivity index (χ1v) is 4.51. The van der Waals surface area contributed by atoms with E-state index < -0.39 is 0 Å². The van der Waals surface area contributed by atoms with Gasteiger partial charge in [-0.15, -0.1) is 0 Å². The van der Waals surface area contributed by atoms with Gasteiger partial charge in [-0.05, 0) is 12.8 Å². The Morgan fingerprint density at radius 1 is 1.27 bits per heavy atom. The molecule has 0 aromatic heterocycles. The molecule has 1 unspecified atom stereocenters. The van der Waals surface area contributed by atoms with Gasteiger partial charge in [-0.3, -0.25) is 4.90 Å². The summed E-state index contributed by atoms with van der Waals surface area (Å²) in [7, 11) is 0. The average molecular weight is 151 g/mol. The van der Waals surface area contributed by atoms with Crippen LogP contribution in [0.3, 0.4) is 0 Å². The molecule has 0 spiro atoms. The van der Waals surface area contributed by atoms with Crippen molar-refractivity contribution in [3.63, 3.8) is 0 Å². The minimum atomic E-state index is 0.741. The van der Waals surface area contributed by atoms with Crippen molar-refractivity contribution < 1.29 is 0 Å². The molecule has 61 valence electrons. The van der Waals surface area contributed by atoms with Crippen LogP contribution >= 0.6 is 0 Å². The van der Waals surface area contributed by atoms with Crippen LogP contribution in [0.15, 0.2) is 12.2 Å². The van der Waals surface area contributed by atoms with Gasteiger partial charge >= 0.3 is 0 Å². The minimum Gasteiger partial charge on any atom is -0.294 e. The number of piperazine rings is 1. The quantitative estimate of drug-likeness (QED) is 0.502. The van der Waals surface area contributed by atoms with Crippen LogP contribution in [-0.4, -0.2) is 37.1 Å². The molecule has 1 aliphatic heterocycles. The molecule has 0 N–H and O–H groups in total. The summed E-state index contributed by atoms with van der Waals surface area (Å²) in [5.74, 6) is 0. The van der Waals surface area contributed by atoms with Gasteiger partial charge in [0.05, 0.1) is 0 Å². The highest BCUT2D eigenvalue weighted by atomic mass is 15.2. The summed E-state index contributed by atoms with van der Waals surface area (Å²) in [5, 5.41) is 4.33. The number of nitrogens with zero attached hydrogens (tertiary/aromatic N) is 2. The Balaban J connectivity index is 1.87. The standard InChI is InChI=1S/C9H15N2/c1-2-4-9(3-1)11-7-5-10-6-8-11/h1,3,9H,2,4-8H2. The smallest absolute Gasteiger partial charge is 0.0282 e. The van der Waals surface area contributed by atoms with Gasteiger partial charge in [-0.25, -0.2) is 5.32 Å². The van der Waals surface area contributed by atoms with Crippen LogP contribution in [-0.2, 0) is 0 Å². The van der Waals surface area contributed by atoms with Crippen LogP contribution in [0.5, 0.6) is 0 Å². The first-order chi connectivity index (χ1) is 5.47. The highest BCUT2D eigenvalue weighted by Crippen LogP contribution is 2.16. The molecule has 1 atom stereocenters. The van der Waals surface area contributed by atoms with E-state index >= 15 is 0 Å². The predicted octanol–water partition coefficient (Wildman–Crippen LogP) is 0.625. The van der Waals surface area contributed by atoms with Gasteiger partial charge in [0.15, 0.2) is 0 Å². The molecular weight excluding hydrogens is 136 g/mol. The highest BCUT2D eigenvalue weighted by Gasteiger charge is 2.19. The molecule has 2 heteroatoms. The van der Waals surface area contributed by atoms with Gasteiger partial charge in [0, 0.05) is 32.2 Å². The van der Waals surface area contributed by atoms with Crippen molar-refractivity contribution in [3.8, 4) is 0 Å². The van der Waals surface area contributed by atoms with Gasteiger partial charge < -0.3 is 0 Å². The summed E-state index contributed by atoms with van der Waals surface area (Å²) in [5.41, 5.74) is 0. The normalized spacial score (nSPS) is 32.9. The maximum absolute atomic E-state index is 4.33. The van der Waals surface area contributed by atoms with Crippen molar-refractivity contribution in [1.29, 1.82) is 0 Å². The molecule has 1 aliphatic carbocycles. The number of hydrogen-bond acceptors (Lipinski definition) is 1. The molecule has 1 fully saturated rings. The lowest BCUT2D eigenvalue weighted by Gasteiger charge is -2.30. The summed E-state index contributed by atoms with van der Waals surface area (Å²) < 4.78 is 0. The molecule has 0 aromatic carbocycles. The molecule has 0 aromatic rings. The third-order valence-corrected chi connectivity index (χ3v) is 2.55. The average Bonchev–Trinajstić information content (AvgIpc) is 2.58. The topological polar surface area (TPSA) is 17.3 Å². The summed E-state index contributed by atoms with van der Waals surface area (Å²) in [6.45, 7) is 4.44. The third kappa shape index (κ3) is 1.63. The zero-order chi connectivity index (χ0) is 7.52. The Morgan fingerprint density at radius 2 is 2.09 bits per heavy atom. The predicted molar refractivity (Wildman–Crippen MR) is 45.6 cm³/mol. The van der Waals surface area contributed by atoms with E-state index in [-0.39, 0.29) is 0 Å². The van der Waals surface area contributed by atoms with Crippen LogP contribution in [0.1, 0.15) is 12.8 Å². The first-order valence-electron chi connectivity index (χ1n) is 4.51. The van der Waals surface area contributed by atoms with Crippen LogP contribution < -0.4 is 5.32 Å². The molecule has 2 aliphatic rings. The van der Waals surface area contributed by atoms with E-state index in [1.165, 1.54) is 25.9 Å². The summed E-state index contributed by atoms with van der Waals surface area (Å²) >= 11 is 0. The van der Waals surface area contributed by atoms with E-state index in [1.807, 2.05) is 0 Å². The van der Waals surface area contributed by atoms with Crippen molar-refractivity contribution in [2.24, 2.45) is 0 Å². The Kier molecular flexibility index (Phi) is 2.24. The van der Waals surface area contributed by atoms with E-state index in [1.54, 1.807) is 0 Å². The van der Waals surface area contributed by atoms with Crippen molar-refractivity contribution in [2.75, 3.05) is 26.2 Å². The maximum Gasteiger partial charge on any atom is 0.0282 e. The molecule has 2 rings (SSSR count). The summed E-state index contributed by atoms with van der Waals surface area (Å²) in [6, 6.07) is 0.741. The van der Waals surface area contributed by atoms with Gasteiger partial charge in [0.2, 0.25) is 0 Å². The van der Waals surface area contributed by atoms with Crippen molar-refractivity contribution in [2.45, 2.75) is 18.9 Å². The molecule has 1 saturated heterocycles. The van der Waals surface area contributed by atoms with E-state index in [0.29, 0.717) is 0 Å². The molecular formula is C9H15N2. The largest absolute Gasteiger partial charge is 0.294 e. The lowest BCUT2D eigenvalue weighted by atomic mass is 10.2. The molecule has 11 heavy (non-hydrogen) atoms. The lowest BCUT2D eigenvalue weighted by Crippen LogP contribution is -2.44. The van der Waals surface area contributed by atoms with Crippen molar-refractivity contribution in [1.82, 2.24) is 10.2 Å². The first kappa shape index (κ1) is 7.32. The Labute approximate surface area is 68.3 Å². The van der Waals surface area contributed by atoms with Crippen LogP contribution in [0.25, 0.3) is 0 Å². The van der Waals surface area contributed by atoms with Gasteiger partial charge in [0.25, 0.3) is 0 Å². The van der Waals surface area contributed by atoms with Gasteiger partial charge in [-0.2, -0.15) is 0 Å². The molecule has 2 nitrogen and oxygen atoms in total.